The van der Waals surface area contributed by atoms with E-state index in [0.29, 0.717) is 11.8 Å². The van der Waals surface area contributed by atoms with Crippen molar-refractivity contribution in [2.45, 2.75) is 50.5 Å². The van der Waals surface area contributed by atoms with Crippen LogP contribution < -0.4 is 5.32 Å². The van der Waals surface area contributed by atoms with Gasteiger partial charge in [0.2, 0.25) is 5.95 Å². The summed E-state index contributed by atoms with van der Waals surface area (Å²) in [7, 11) is 4.31. The van der Waals surface area contributed by atoms with Crippen molar-refractivity contribution in [2.24, 2.45) is 0 Å². The Morgan fingerprint density at radius 1 is 0.583 bits per heavy atom. The third-order valence-electron chi connectivity index (χ3n) is 11.3. The maximum Gasteiger partial charge on any atom is 0.213 e. The van der Waals surface area contributed by atoms with Crippen LogP contribution in [0.15, 0.2) is 116 Å². The fourth-order valence-corrected chi connectivity index (χ4v) is 10.3. The summed E-state index contributed by atoms with van der Waals surface area (Å²) in [5, 5.41) is 5.77. The zero-order chi connectivity index (χ0) is 41.6. The zero-order valence-electron chi connectivity index (χ0n) is 34.0. The molecule has 60 heavy (non-hydrogen) atoms. The smallest absolute Gasteiger partial charge is 0.213 e. The van der Waals surface area contributed by atoms with E-state index in [1.165, 1.54) is 47.1 Å². The Morgan fingerprint density at radius 3 is 1.53 bits per heavy atom. The predicted octanol–water partition coefficient (Wildman–Crippen LogP) is 12.0. The van der Waals surface area contributed by atoms with E-state index in [1.54, 1.807) is 40.9 Å². The number of likely N-dealkylation sites (tertiary alicyclic amines) is 2. The highest BCUT2D eigenvalue weighted by Gasteiger charge is 2.26. The molecule has 4 aromatic heterocycles. The third kappa shape index (κ3) is 10.0. The quantitative estimate of drug-likeness (QED) is 0.145. The largest absolute Gasteiger partial charge is 0.364 e. The van der Waals surface area contributed by atoms with E-state index in [0.717, 1.165) is 106 Å². The molecule has 6 heterocycles. The van der Waals surface area contributed by atoms with Gasteiger partial charge in [-0.05, 0) is 156 Å². The SMILES string of the molecule is CN1CCC(c2nc(-c3ccc(F)cc3)c(-c3ccnc(F)c3)s2)CC1.C[C@H](Nc1cc(-c2sc(C3CCN(C)CC3)nc2-c2ccc(F)cc2)ccn1)c1ccccc1. The number of benzene rings is 3. The van der Waals surface area contributed by atoms with Gasteiger partial charge in [-0.2, -0.15) is 4.39 Å². The fraction of sp³-hybridized carbons (Fsp3) is 0.292. The molecule has 2 aliphatic heterocycles. The lowest BCUT2D eigenvalue weighted by atomic mass is 9.98. The second-order valence-electron chi connectivity index (χ2n) is 15.7. The van der Waals surface area contributed by atoms with Gasteiger partial charge >= 0.3 is 0 Å². The number of aromatic nitrogens is 4. The van der Waals surface area contributed by atoms with Gasteiger partial charge in [0.15, 0.2) is 0 Å². The molecule has 12 heteroatoms. The van der Waals surface area contributed by atoms with Gasteiger partial charge in [-0.1, -0.05) is 30.3 Å². The zero-order valence-corrected chi connectivity index (χ0v) is 35.6. The van der Waals surface area contributed by atoms with E-state index in [-0.39, 0.29) is 17.7 Å². The molecule has 3 aromatic carbocycles. The number of anilines is 1. The van der Waals surface area contributed by atoms with Crippen LogP contribution in [0.1, 0.15) is 66.1 Å². The monoisotopic (exact) mass is 843 g/mol. The number of halogens is 3. The molecule has 0 spiro atoms. The Bertz CT molecular complexity index is 2470. The molecule has 7 nitrogen and oxygen atoms in total. The number of hydrogen-bond acceptors (Lipinski definition) is 9. The number of piperidine rings is 2. The van der Waals surface area contributed by atoms with Crippen LogP contribution in [0.4, 0.5) is 19.0 Å². The first kappa shape index (κ1) is 41.5. The second-order valence-corrected chi connectivity index (χ2v) is 17.8. The molecule has 0 radical (unpaired) electrons. The molecule has 2 fully saturated rings. The third-order valence-corrected chi connectivity index (χ3v) is 13.9. The molecule has 2 saturated heterocycles. The topological polar surface area (TPSA) is 70.1 Å². The standard InChI is InChI=1S/C28H29FN4S.C20H19F2N3S/c1-19(20-6-4-3-5-7-20)31-25-18-23(12-15-30-25)27-26(21-8-10-24(29)11-9-21)32-28(34-27)22-13-16-33(2)17-14-22;1-25-10-7-14(8-11-25)20-24-18(13-2-4-16(21)5-3-13)19(26-20)15-6-9-23-17(22)12-15/h3-12,15,18-19,22H,13-14,16-17H2,1-2H3,(H,30,31);2-6,9,12,14H,7-8,10-11H2,1H3/t19-;/m0./s1. The van der Waals surface area contributed by atoms with Gasteiger partial charge < -0.3 is 15.1 Å². The minimum Gasteiger partial charge on any atom is -0.364 e. The number of thiazole rings is 2. The van der Waals surface area contributed by atoms with Gasteiger partial charge in [0.25, 0.3) is 0 Å². The van der Waals surface area contributed by atoms with Gasteiger partial charge in [0.1, 0.15) is 17.5 Å². The van der Waals surface area contributed by atoms with Crippen LogP contribution in [-0.4, -0.2) is 70.0 Å². The maximum atomic E-state index is 13.7. The molecule has 0 bridgehead atoms. The van der Waals surface area contributed by atoms with Gasteiger partial charge in [0.05, 0.1) is 31.2 Å². The van der Waals surface area contributed by atoms with Crippen molar-refractivity contribution in [1.29, 1.82) is 0 Å². The minimum absolute atomic E-state index is 0.136. The lowest BCUT2D eigenvalue weighted by Gasteiger charge is -2.27. The summed E-state index contributed by atoms with van der Waals surface area (Å²) in [5.74, 6) is 0.676. The molecule has 0 unspecified atom stereocenters. The number of rotatable bonds is 9. The van der Waals surface area contributed by atoms with Crippen LogP contribution in [0.3, 0.4) is 0 Å². The molecular weight excluding hydrogens is 796 g/mol. The minimum atomic E-state index is -0.512. The van der Waals surface area contributed by atoms with Gasteiger partial charge in [-0.25, -0.2) is 28.7 Å². The molecule has 7 aromatic rings. The van der Waals surface area contributed by atoms with E-state index in [2.05, 4.69) is 64.3 Å². The summed E-state index contributed by atoms with van der Waals surface area (Å²) in [5.41, 5.74) is 6.54. The predicted molar refractivity (Wildman–Crippen MR) is 239 cm³/mol. The summed E-state index contributed by atoms with van der Waals surface area (Å²) < 4.78 is 40.6. The van der Waals surface area contributed by atoms with Crippen molar-refractivity contribution in [1.82, 2.24) is 29.7 Å². The maximum absolute atomic E-state index is 13.7. The summed E-state index contributed by atoms with van der Waals surface area (Å²) >= 11 is 3.37. The average molecular weight is 844 g/mol. The van der Waals surface area contributed by atoms with Crippen LogP contribution in [0.25, 0.3) is 43.4 Å². The Morgan fingerprint density at radius 2 is 1.05 bits per heavy atom. The first-order valence-corrected chi connectivity index (χ1v) is 22.1. The lowest BCUT2D eigenvalue weighted by Crippen LogP contribution is -2.29. The Kier molecular flexibility index (Phi) is 13.1. The van der Waals surface area contributed by atoms with Crippen molar-refractivity contribution in [3.63, 3.8) is 0 Å². The molecular formula is C48H48F3N7S2. The van der Waals surface area contributed by atoms with Crippen LogP contribution in [0.5, 0.6) is 0 Å². The number of nitrogens with one attached hydrogen (secondary N) is 1. The summed E-state index contributed by atoms with van der Waals surface area (Å²) in [6, 6.07) is 30.8. The Labute approximate surface area is 358 Å². The molecule has 0 aliphatic carbocycles. The molecule has 1 atom stereocenters. The summed E-state index contributed by atoms with van der Waals surface area (Å²) in [6.45, 7) is 6.42. The first-order valence-electron chi connectivity index (χ1n) is 20.5. The number of pyridine rings is 2. The molecule has 2 aliphatic rings. The number of hydrogen-bond donors (Lipinski definition) is 1. The fourth-order valence-electron chi connectivity index (χ4n) is 7.77. The van der Waals surface area contributed by atoms with Crippen LogP contribution >= 0.6 is 22.7 Å². The van der Waals surface area contributed by atoms with Crippen LogP contribution in [0, 0.1) is 17.6 Å². The van der Waals surface area contributed by atoms with Crippen molar-refractivity contribution in [2.75, 3.05) is 45.6 Å². The first-order chi connectivity index (χ1) is 29.2. The average Bonchev–Trinajstić information content (AvgIpc) is 3.92. The van der Waals surface area contributed by atoms with E-state index < -0.39 is 5.95 Å². The van der Waals surface area contributed by atoms with Crippen molar-refractivity contribution in [3.05, 3.63) is 149 Å². The summed E-state index contributed by atoms with van der Waals surface area (Å²) in [6.07, 6.45) is 7.68. The van der Waals surface area contributed by atoms with E-state index in [9.17, 15) is 13.2 Å². The Hall–Kier alpha value is -5.27. The van der Waals surface area contributed by atoms with E-state index >= 15 is 0 Å². The van der Waals surface area contributed by atoms with Crippen LogP contribution in [0.2, 0.25) is 0 Å². The van der Waals surface area contributed by atoms with Crippen LogP contribution in [-0.2, 0) is 0 Å². The number of nitrogens with zero attached hydrogens (tertiary/aromatic N) is 6. The van der Waals surface area contributed by atoms with Gasteiger partial charge in [0, 0.05) is 47.5 Å². The normalized spacial score (nSPS) is 16.0. The van der Waals surface area contributed by atoms with E-state index in [4.69, 9.17) is 9.97 Å². The molecule has 0 saturated carbocycles. The van der Waals surface area contributed by atoms with Gasteiger partial charge in [-0.15, -0.1) is 22.7 Å². The highest BCUT2D eigenvalue weighted by molar-refractivity contribution is 7.16. The molecule has 1 N–H and O–H groups in total. The molecule has 0 amide bonds. The highest BCUT2D eigenvalue weighted by atomic mass is 32.1. The van der Waals surface area contributed by atoms with Gasteiger partial charge in [-0.3, -0.25) is 0 Å². The van der Waals surface area contributed by atoms with E-state index in [1.807, 2.05) is 42.6 Å². The highest BCUT2D eigenvalue weighted by Crippen LogP contribution is 2.43. The Balaban J connectivity index is 0.000000172. The lowest BCUT2D eigenvalue weighted by molar-refractivity contribution is 0.255. The van der Waals surface area contributed by atoms with Crippen molar-refractivity contribution < 1.29 is 13.2 Å². The molecule has 9 rings (SSSR count). The van der Waals surface area contributed by atoms with Crippen molar-refractivity contribution >= 4 is 28.5 Å². The molecule has 308 valence electrons. The second kappa shape index (κ2) is 19.0. The van der Waals surface area contributed by atoms with Crippen molar-refractivity contribution in [3.8, 4) is 43.4 Å². The summed E-state index contributed by atoms with van der Waals surface area (Å²) in [4.78, 5) is 24.9.